The first-order chi connectivity index (χ1) is 8.62. The van der Waals surface area contributed by atoms with Crippen LogP contribution in [0.4, 0.5) is 0 Å². The zero-order valence-corrected chi connectivity index (χ0v) is 11.3. The van der Waals surface area contributed by atoms with Gasteiger partial charge in [-0.1, -0.05) is 18.2 Å². The fourth-order valence-electron chi connectivity index (χ4n) is 1.58. The molecule has 3 nitrogen and oxygen atoms in total. The Morgan fingerprint density at radius 1 is 1.28 bits per heavy atom. The molecule has 0 amide bonds. The molecule has 18 heavy (non-hydrogen) atoms. The van der Waals surface area contributed by atoms with Crippen LogP contribution in [0.3, 0.4) is 0 Å². The number of sulfone groups is 1. The third-order valence-corrected chi connectivity index (χ3v) is 4.36. The van der Waals surface area contributed by atoms with Gasteiger partial charge in [0.15, 0.2) is 0 Å². The first kappa shape index (κ1) is 14.7. The zero-order valence-electron chi connectivity index (χ0n) is 10.5. The molecule has 0 aliphatic rings. The highest BCUT2D eigenvalue weighted by molar-refractivity contribution is 7.95. The van der Waals surface area contributed by atoms with Crippen LogP contribution in [0.25, 0.3) is 0 Å². The summed E-state index contributed by atoms with van der Waals surface area (Å²) in [6, 6.07) is 8.35. The van der Waals surface area contributed by atoms with Crippen molar-refractivity contribution < 1.29 is 13.5 Å². The van der Waals surface area contributed by atoms with Crippen LogP contribution in [0.1, 0.15) is 26.2 Å². The van der Waals surface area contributed by atoms with E-state index in [0.29, 0.717) is 24.2 Å². The minimum atomic E-state index is -3.45. The Bertz CT molecular complexity index is 523. The standard InChI is InChI=1S/C14H18O3S/c1-2-8-13(11-6-7-12-15)18(16,17)14-9-4-3-5-10-14/h2-5,9-10,15H,6-7,11-12H2,1H3. The zero-order chi connectivity index (χ0) is 13.4. The van der Waals surface area contributed by atoms with E-state index in [2.05, 4.69) is 5.73 Å². The van der Waals surface area contributed by atoms with Crippen molar-refractivity contribution in [3.05, 3.63) is 47.0 Å². The predicted octanol–water partition coefficient (Wildman–Crippen LogP) is 2.68. The second-order valence-corrected chi connectivity index (χ2v) is 5.82. The molecule has 0 heterocycles. The number of hydrogen-bond acceptors (Lipinski definition) is 3. The van der Waals surface area contributed by atoms with Gasteiger partial charge < -0.3 is 5.11 Å². The molecule has 0 aliphatic heterocycles. The van der Waals surface area contributed by atoms with Crippen LogP contribution in [0, 0.1) is 0 Å². The average molecular weight is 266 g/mol. The molecule has 0 unspecified atom stereocenters. The highest BCUT2D eigenvalue weighted by Gasteiger charge is 2.19. The number of benzene rings is 1. The van der Waals surface area contributed by atoms with Crippen molar-refractivity contribution in [1.82, 2.24) is 0 Å². The maximum absolute atomic E-state index is 12.3. The number of unbranched alkanes of at least 4 members (excludes halogenated alkanes) is 1. The smallest absolute Gasteiger partial charge is 0.210 e. The largest absolute Gasteiger partial charge is 0.396 e. The van der Waals surface area contributed by atoms with E-state index in [0.717, 1.165) is 0 Å². The Morgan fingerprint density at radius 3 is 2.50 bits per heavy atom. The topological polar surface area (TPSA) is 54.4 Å². The van der Waals surface area contributed by atoms with Crippen LogP contribution >= 0.6 is 0 Å². The van der Waals surface area contributed by atoms with Crippen LogP contribution in [-0.2, 0) is 9.84 Å². The molecular formula is C14H18O3S. The molecule has 0 radical (unpaired) electrons. The summed E-state index contributed by atoms with van der Waals surface area (Å²) in [6.45, 7) is 1.82. The van der Waals surface area contributed by atoms with Crippen molar-refractivity contribution in [2.75, 3.05) is 6.61 Å². The summed E-state index contributed by atoms with van der Waals surface area (Å²) in [5, 5.41) is 8.74. The monoisotopic (exact) mass is 266 g/mol. The highest BCUT2D eigenvalue weighted by Crippen LogP contribution is 2.22. The molecule has 1 aromatic carbocycles. The van der Waals surface area contributed by atoms with Gasteiger partial charge in [-0.2, -0.15) is 0 Å². The summed E-state index contributed by atoms with van der Waals surface area (Å²) in [7, 11) is -3.45. The van der Waals surface area contributed by atoms with Crippen molar-refractivity contribution in [3.63, 3.8) is 0 Å². The Labute approximate surface area is 108 Å². The summed E-state index contributed by atoms with van der Waals surface area (Å²) in [5.41, 5.74) is 2.80. The number of allylic oxidation sites excluding steroid dienone is 1. The number of aliphatic hydroxyl groups is 1. The van der Waals surface area contributed by atoms with Gasteiger partial charge in [-0.15, -0.1) is 5.73 Å². The molecule has 0 spiro atoms. The van der Waals surface area contributed by atoms with Gasteiger partial charge in [0, 0.05) is 6.61 Å². The van der Waals surface area contributed by atoms with Gasteiger partial charge in [-0.3, -0.25) is 0 Å². The normalized spacial score (nSPS) is 10.8. The summed E-state index contributed by atoms with van der Waals surface area (Å²) in [4.78, 5) is 0.572. The first-order valence-electron chi connectivity index (χ1n) is 5.94. The molecule has 0 aliphatic carbocycles. The van der Waals surface area contributed by atoms with E-state index in [1.165, 1.54) is 0 Å². The van der Waals surface area contributed by atoms with Gasteiger partial charge in [0.2, 0.25) is 9.84 Å². The van der Waals surface area contributed by atoms with Crippen LogP contribution in [0.5, 0.6) is 0 Å². The first-order valence-corrected chi connectivity index (χ1v) is 7.42. The van der Waals surface area contributed by atoms with E-state index in [1.807, 2.05) is 0 Å². The summed E-state index contributed by atoms with van der Waals surface area (Å²) >= 11 is 0. The maximum Gasteiger partial charge on any atom is 0.210 e. The van der Waals surface area contributed by atoms with Gasteiger partial charge in [-0.25, -0.2) is 8.42 Å². The summed E-state index contributed by atoms with van der Waals surface area (Å²) in [5.74, 6) is 0. The lowest BCUT2D eigenvalue weighted by Gasteiger charge is -2.06. The molecule has 1 N–H and O–H groups in total. The van der Waals surface area contributed by atoms with Gasteiger partial charge in [0.1, 0.15) is 0 Å². The SMILES string of the molecule is CC=C=C(CCCCO)S(=O)(=O)c1ccccc1. The van der Waals surface area contributed by atoms with Crippen LogP contribution < -0.4 is 0 Å². The van der Waals surface area contributed by atoms with Crippen LogP contribution in [-0.4, -0.2) is 20.1 Å². The molecular weight excluding hydrogens is 248 g/mol. The molecule has 0 saturated heterocycles. The van der Waals surface area contributed by atoms with E-state index in [1.54, 1.807) is 43.3 Å². The molecule has 0 bridgehead atoms. The Hall–Kier alpha value is -1.35. The third-order valence-electron chi connectivity index (χ3n) is 2.50. The third kappa shape index (κ3) is 3.84. The maximum atomic E-state index is 12.3. The second kappa shape index (κ2) is 7.17. The molecule has 98 valence electrons. The lowest BCUT2D eigenvalue weighted by atomic mass is 10.2. The van der Waals surface area contributed by atoms with E-state index in [4.69, 9.17) is 5.11 Å². The average Bonchev–Trinajstić information content (AvgIpc) is 2.39. The van der Waals surface area contributed by atoms with Crippen molar-refractivity contribution in [2.45, 2.75) is 31.1 Å². The molecule has 4 heteroatoms. The molecule has 1 aromatic rings. The summed E-state index contributed by atoms with van der Waals surface area (Å²) < 4.78 is 24.7. The molecule has 0 saturated carbocycles. The number of rotatable bonds is 6. The van der Waals surface area contributed by atoms with Gasteiger partial charge in [0.05, 0.1) is 9.80 Å². The van der Waals surface area contributed by atoms with E-state index < -0.39 is 9.84 Å². The molecule has 0 fully saturated rings. The Kier molecular flexibility index (Phi) is 5.86. The molecule has 0 aromatic heterocycles. The van der Waals surface area contributed by atoms with Gasteiger partial charge >= 0.3 is 0 Å². The predicted molar refractivity (Wildman–Crippen MR) is 71.8 cm³/mol. The molecule has 0 atom stereocenters. The minimum Gasteiger partial charge on any atom is -0.396 e. The highest BCUT2D eigenvalue weighted by atomic mass is 32.2. The fourth-order valence-corrected chi connectivity index (χ4v) is 3.07. The number of aliphatic hydroxyl groups excluding tert-OH is 1. The van der Waals surface area contributed by atoms with E-state index in [9.17, 15) is 8.42 Å². The molecule has 1 rings (SSSR count). The Morgan fingerprint density at radius 2 is 1.94 bits per heavy atom. The lowest BCUT2D eigenvalue weighted by Crippen LogP contribution is -2.04. The van der Waals surface area contributed by atoms with Crippen molar-refractivity contribution >= 4 is 9.84 Å². The van der Waals surface area contributed by atoms with E-state index >= 15 is 0 Å². The quantitative estimate of drug-likeness (QED) is 0.636. The Balaban J connectivity index is 3.03. The minimum absolute atomic E-state index is 0.0779. The fraction of sp³-hybridized carbons (Fsp3) is 0.357. The van der Waals surface area contributed by atoms with Crippen LogP contribution in [0.15, 0.2) is 51.9 Å². The summed E-state index contributed by atoms with van der Waals surface area (Å²) in [6.07, 6.45) is 3.24. The van der Waals surface area contributed by atoms with Crippen LogP contribution in [0.2, 0.25) is 0 Å². The van der Waals surface area contributed by atoms with Gasteiger partial charge in [-0.05, 0) is 44.4 Å². The van der Waals surface area contributed by atoms with Gasteiger partial charge in [0.25, 0.3) is 0 Å². The van der Waals surface area contributed by atoms with Crippen molar-refractivity contribution in [1.29, 1.82) is 0 Å². The van der Waals surface area contributed by atoms with E-state index in [-0.39, 0.29) is 11.5 Å². The van der Waals surface area contributed by atoms with Crippen molar-refractivity contribution in [2.24, 2.45) is 0 Å². The lowest BCUT2D eigenvalue weighted by molar-refractivity contribution is 0.285. The number of hydrogen-bond donors (Lipinski definition) is 1. The second-order valence-electron chi connectivity index (χ2n) is 3.85. The van der Waals surface area contributed by atoms with Crippen molar-refractivity contribution in [3.8, 4) is 0 Å².